The monoisotopic (exact) mass is 428 g/mol. The second-order valence-electron chi connectivity index (χ2n) is 8.78. The second kappa shape index (κ2) is 8.67. The Morgan fingerprint density at radius 1 is 0.938 bits per heavy atom. The fraction of sp³-hybridized carbons (Fsp3) is 0.360. The van der Waals surface area contributed by atoms with Gasteiger partial charge < -0.3 is 15.1 Å². The first-order chi connectivity index (χ1) is 15.5. The Labute approximate surface area is 188 Å². The summed E-state index contributed by atoms with van der Waals surface area (Å²) in [6.45, 7) is 6.07. The van der Waals surface area contributed by atoms with Crippen LogP contribution in [0.5, 0.6) is 0 Å². The zero-order chi connectivity index (χ0) is 22.1. The molecular formula is C25H28N6O. The molecule has 0 unspecified atom stereocenters. The lowest BCUT2D eigenvalue weighted by Crippen LogP contribution is -2.44. The lowest BCUT2D eigenvalue weighted by Gasteiger charge is -2.34. The summed E-state index contributed by atoms with van der Waals surface area (Å²) in [5.41, 5.74) is 5.37. The van der Waals surface area contributed by atoms with Crippen molar-refractivity contribution >= 4 is 17.4 Å². The molecule has 7 heteroatoms. The maximum Gasteiger partial charge on any atom is 0.259 e. The normalized spacial score (nSPS) is 16.8. The first kappa shape index (κ1) is 20.6. The van der Waals surface area contributed by atoms with Gasteiger partial charge in [-0.05, 0) is 68.1 Å². The number of nitrogens with zero attached hydrogens (tertiary/aromatic N) is 5. The van der Waals surface area contributed by atoms with E-state index in [9.17, 15) is 4.79 Å². The predicted octanol–water partition coefficient (Wildman–Crippen LogP) is 3.73. The molecule has 0 atom stereocenters. The van der Waals surface area contributed by atoms with Gasteiger partial charge in [-0.1, -0.05) is 6.07 Å². The molecule has 164 valence electrons. The van der Waals surface area contributed by atoms with Gasteiger partial charge in [0, 0.05) is 56.0 Å². The molecule has 1 N–H and O–H groups in total. The van der Waals surface area contributed by atoms with Crippen molar-refractivity contribution in [2.24, 2.45) is 0 Å². The van der Waals surface area contributed by atoms with Crippen LogP contribution in [-0.2, 0) is 0 Å². The molecule has 3 aromatic rings. The standard InChI is InChI=1S/C25H28N6O/c1-17-26-15-22(16-27-17)25(32)29-24-6-5-19(14-28-24)21-11-20(18-3-4-18)12-23(13-21)31-9-7-30(2)8-10-31/h5-6,11-16,18H,3-4,7-10H2,1-2H3,(H,28,29,32). The van der Waals surface area contributed by atoms with E-state index in [2.05, 4.69) is 55.3 Å². The van der Waals surface area contributed by atoms with E-state index in [0.717, 1.165) is 31.7 Å². The summed E-state index contributed by atoms with van der Waals surface area (Å²) in [6.07, 6.45) is 7.43. The number of hydrogen-bond acceptors (Lipinski definition) is 6. The van der Waals surface area contributed by atoms with Crippen LogP contribution in [0, 0.1) is 6.92 Å². The number of carbonyl (C=O) groups is 1. The lowest BCUT2D eigenvalue weighted by atomic mass is 10.00. The number of likely N-dealkylation sites (N-methyl/N-ethyl adjacent to an activating group) is 1. The Morgan fingerprint density at radius 3 is 2.34 bits per heavy atom. The van der Waals surface area contributed by atoms with Crippen molar-refractivity contribution in [3.63, 3.8) is 0 Å². The molecule has 7 nitrogen and oxygen atoms in total. The van der Waals surface area contributed by atoms with E-state index >= 15 is 0 Å². The summed E-state index contributed by atoms with van der Waals surface area (Å²) in [6, 6.07) is 10.8. The number of amides is 1. The topological polar surface area (TPSA) is 74.2 Å². The van der Waals surface area contributed by atoms with E-state index < -0.39 is 0 Å². The summed E-state index contributed by atoms with van der Waals surface area (Å²) in [4.78, 5) is 29.9. The average molecular weight is 429 g/mol. The highest BCUT2D eigenvalue weighted by molar-refractivity contribution is 6.03. The Kier molecular flexibility index (Phi) is 5.57. The second-order valence-corrected chi connectivity index (χ2v) is 8.78. The average Bonchev–Trinajstić information content (AvgIpc) is 3.66. The highest BCUT2D eigenvalue weighted by atomic mass is 16.1. The van der Waals surface area contributed by atoms with Gasteiger partial charge in [0.15, 0.2) is 0 Å². The third kappa shape index (κ3) is 4.62. The fourth-order valence-electron chi connectivity index (χ4n) is 4.04. The van der Waals surface area contributed by atoms with Crippen molar-refractivity contribution in [2.45, 2.75) is 25.7 Å². The van der Waals surface area contributed by atoms with Gasteiger partial charge in [0.2, 0.25) is 0 Å². The third-order valence-electron chi connectivity index (χ3n) is 6.24. The first-order valence-corrected chi connectivity index (χ1v) is 11.2. The van der Waals surface area contributed by atoms with Crippen LogP contribution in [0.4, 0.5) is 11.5 Å². The minimum atomic E-state index is -0.265. The van der Waals surface area contributed by atoms with Crippen LogP contribution in [0.3, 0.4) is 0 Å². The van der Waals surface area contributed by atoms with Crippen LogP contribution < -0.4 is 10.2 Å². The van der Waals surface area contributed by atoms with Gasteiger partial charge in [0.05, 0.1) is 5.56 Å². The maximum atomic E-state index is 12.4. The zero-order valence-corrected chi connectivity index (χ0v) is 18.6. The first-order valence-electron chi connectivity index (χ1n) is 11.2. The maximum absolute atomic E-state index is 12.4. The molecule has 0 radical (unpaired) electrons. The molecule has 32 heavy (non-hydrogen) atoms. The van der Waals surface area contributed by atoms with Gasteiger partial charge in [0.1, 0.15) is 11.6 Å². The number of nitrogens with one attached hydrogen (secondary N) is 1. The summed E-state index contributed by atoms with van der Waals surface area (Å²) in [7, 11) is 2.18. The Balaban J connectivity index is 1.36. The molecule has 1 aromatic carbocycles. The fourth-order valence-corrected chi connectivity index (χ4v) is 4.04. The van der Waals surface area contributed by atoms with Gasteiger partial charge in [-0.2, -0.15) is 0 Å². The molecule has 1 aliphatic heterocycles. The van der Waals surface area contributed by atoms with Crippen molar-refractivity contribution < 1.29 is 4.79 Å². The van der Waals surface area contributed by atoms with Gasteiger partial charge in [0.25, 0.3) is 5.91 Å². The molecule has 0 spiro atoms. The Bertz CT molecular complexity index is 1100. The molecule has 5 rings (SSSR count). The predicted molar refractivity (Wildman–Crippen MR) is 126 cm³/mol. The molecule has 2 aliphatic rings. The van der Waals surface area contributed by atoms with Gasteiger partial charge >= 0.3 is 0 Å². The SMILES string of the molecule is Cc1ncc(C(=O)Nc2ccc(-c3cc(C4CC4)cc(N4CCN(C)CC4)c3)cn2)cn1. The van der Waals surface area contributed by atoms with Gasteiger partial charge in [-0.15, -0.1) is 0 Å². The molecule has 0 bridgehead atoms. The number of hydrogen-bond donors (Lipinski definition) is 1. The number of aromatic nitrogens is 3. The van der Waals surface area contributed by atoms with E-state index in [1.807, 2.05) is 18.3 Å². The lowest BCUT2D eigenvalue weighted by molar-refractivity contribution is 0.102. The highest BCUT2D eigenvalue weighted by Gasteiger charge is 2.25. The van der Waals surface area contributed by atoms with Crippen LogP contribution in [-0.4, -0.2) is 59.0 Å². The quantitative estimate of drug-likeness (QED) is 0.668. The van der Waals surface area contributed by atoms with Crippen LogP contribution >= 0.6 is 0 Å². The van der Waals surface area contributed by atoms with E-state index in [1.54, 1.807) is 6.92 Å². The molecule has 2 aromatic heterocycles. The number of pyridine rings is 1. The number of rotatable bonds is 5. The summed E-state index contributed by atoms with van der Waals surface area (Å²) >= 11 is 0. The smallest absolute Gasteiger partial charge is 0.259 e. The molecule has 1 saturated heterocycles. The molecule has 1 aliphatic carbocycles. The largest absolute Gasteiger partial charge is 0.369 e. The van der Waals surface area contributed by atoms with Crippen molar-refractivity contribution in [1.29, 1.82) is 0 Å². The number of carbonyl (C=O) groups excluding carboxylic acids is 1. The van der Waals surface area contributed by atoms with E-state index in [4.69, 9.17) is 0 Å². The van der Waals surface area contributed by atoms with Crippen LogP contribution in [0.1, 0.15) is 40.5 Å². The van der Waals surface area contributed by atoms with E-state index in [-0.39, 0.29) is 5.91 Å². The Morgan fingerprint density at radius 2 is 1.69 bits per heavy atom. The van der Waals surface area contributed by atoms with Crippen LogP contribution in [0.2, 0.25) is 0 Å². The third-order valence-corrected chi connectivity index (χ3v) is 6.24. The zero-order valence-electron chi connectivity index (χ0n) is 18.6. The molecular weight excluding hydrogens is 400 g/mol. The summed E-state index contributed by atoms with van der Waals surface area (Å²) in [5.74, 6) is 1.56. The van der Waals surface area contributed by atoms with Crippen LogP contribution in [0.15, 0.2) is 48.9 Å². The molecule has 2 fully saturated rings. The van der Waals surface area contributed by atoms with E-state index in [0.29, 0.717) is 23.1 Å². The summed E-state index contributed by atoms with van der Waals surface area (Å²) < 4.78 is 0. The molecule has 1 amide bonds. The number of anilines is 2. The summed E-state index contributed by atoms with van der Waals surface area (Å²) in [5, 5.41) is 2.82. The van der Waals surface area contributed by atoms with E-state index in [1.165, 1.54) is 42.0 Å². The number of piperazine rings is 1. The number of benzene rings is 1. The van der Waals surface area contributed by atoms with Crippen molar-refractivity contribution in [1.82, 2.24) is 19.9 Å². The van der Waals surface area contributed by atoms with Crippen molar-refractivity contribution in [3.05, 3.63) is 65.9 Å². The molecule has 1 saturated carbocycles. The van der Waals surface area contributed by atoms with Gasteiger partial charge in [-0.3, -0.25) is 4.79 Å². The van der Waals surface area contributed by atoms with Crippen molar-refractivity contribution in [2.75, 3.05) is 43.4 Å². The number of aryl methyl sites for hydroxylation is 1. The minimum absolute atomic E-state index is 0.265. The van der Waals surface area contributed by atoms with Gasteiger partial charge in [-0.25, -0.2) is 15.0 Å². The van der Waals surface area contributed by atoms with Crippen molar-refractivity contribution in [3.8, 4) is 11.1 Å². The highest BCUT2D eigenvalue weighted by Crippen LogP contribution is 2.43. The molecule has 3 heterocycles. The Hall–Kier alpha value is -3.32. The van der Waals surface area contributed by atoms with Crippen LogP contribution in [0.25, 0.3) is 11.1 Å². The minimum Gasteiger partial charge on any atom is -0.369 e.